The zero-order valence-electron chi connectivity index (χ0n) is 15.4. The fourth-order valence-electron chi connectivity index (χ4n) is 2.53. The molecule has 0 spiro atoms. The van der Waals surface area contributed by atoms with E-state index >= 15 is 0 Å². The largest absolute Gasteiger partial charge is 0.494 e. The summed E-state index contributed by atoms with van der Waals surface area (Å²) in [4.78, 5) is 24.5. The number of anilines is 1. The molecule has 2 aromatic rings. The highest BCUT2D eigenvalue weighted by molar-refractivity contribution is 9.10. The summed E-state index contributed by atoms with van der Waals surface area (Å²) in [6.45, 7) is 8.17. The van der Waals surface area contributed by atoms with Crippen molar-refractivity contribution in [3.8, 4) is 5.75 Å². The average molecular weight is 419 g/mol. The summed E-state index contributed by atoms with van der Waals surface area (Å²) in [6.07, 6.45) is 0. The van der Waals surface area contributed by atoms with E-state index in [9.17, 15) is 9.59 Å². The smallest absolute Gasteiger partial charge is 0.313 e. The summed E-state index contributed by atoms with van der Waals surface area (Å²) < 4.78 is 6.35. The molecule has 0 radical (unpaired) electrons. The monoisotopic (exact) mass is 418 g/mol. The van der Waals surface area contributed by atoms with Crippen molar-refractivity contribution in [2.45, 2.75) is 33.7 Å². The van der Waals surface area contributed by atoms with E-state index in [2.05, 4.69) is 26.6 Å². The van der Waals surface area contributed by atoms with Crippen LogP contribution in [0.2, 0.25) is 0 Å². The van der Waals surface area contributed by atoms with E-state index in [-0.39, 0.29) is 6.04 Å². The molecular weight excluding hydrogens is 396 g/mol. The number of hydrogen-bond donors (Lipinski definition) is 2. The molecule has 0 saturated heterocycles. The van der Waals surface area contributed by atoms with Gasteiger partial charge in [-0.1, -0.05) is 23.8 Å². The third kappa shape index (κ3) is 5.08. The van der Waals surface area contributed by atoms with Crippen molar-refractivity contribution in [3.63, 3.8) is 0 Å². The third-order valence-corrected chi connectivity index (χ3v) is 4.51. The second-order valence-corrected chi connectivity index (χ2v) is 6.96. The Bertz CT molecular complexity index is 821. The number of ether oxygens (including phenoxy) is 1. The quantitative estimate of drug-likeness (QED) is 0.711. The zero-order chi connectivity index (χ0) is 19.3. The molecule has 2 N–H and O–H groups in total. The van der Waals surface area contributed by atoms with Gasteiger partial charge in [-0.15, -0.1) is 0 Å². The van der Waals surface area contributed by atoms with Crippen LogP contribution in [0.15, 0.2) is 40.9 Å². The van der Waals surface area contributed by atoms with Crippen molar-refractivity contribution in [2.24, 2.45) is 0 Å². The Kier molecular flexibility index (Phi) is 6.80. The van der Waals surface area contributed by atoms with Gasteiger partial charge < -0.3 is 15.4 Å². The molecule has 26 heavy (non-hydrogen) atoms. The lowest BCUT2D eigenvalue weighted by Crippen LogP contribution is -2.37. The maximum absolute atomic E-state index is 12.3. The van der Waals surface area contributed by atoms with E-state index in [0.717, 1.165) is 21.2 Å². The summed E-state index contributed by atoms with van der Waals surface area (Å²) >= 11 is 3.38. The van der Waals surface area contributed by atoms with Gasteiger partial charge in [0.2, 0.25) is 0 Å². The van der Waals surface area contributed by atoms with Crippen molar-refractivity contribution >= 4 is 33.4 Å². The number of rotatable bonds is 5. The highest BCUT2D eigenvalue weighted by Crippen LogP contribution is 2.27. The number of nitrogens with one attached hydrogen (secondary N) is 2. The molecule has 138 valence electrons. The lowest BCUT2D eigenvalue weighted by Gasteiger charge is -2.18. The van der Waals surface area contributed by atoms with Gasteiger partial charge in [0, 0.05) is 10.0 Å². The minimum absolute atomic E-state index is 0.365. The molecule has 2 amide bonds. The molecule has 6 heteroatoms. The molecule has 1 unspecified atom stereocenters. The van der Waals surface area contributed by atoms with Crippen molar-refractivity contribution in [3.05, 3.63) is 57.6 Å². The highest BCUT2D eigenvalue weighted by atomic mass is 79.9. The first-order valence-corrected chi connectivity index (χ1v) is 9.22. The normalized spacial score (nSPS) is 11.6. The van der Waals surface area contributed by atoms with Gasteiger partial charge in [0.05, 0.1) is 18.3 Å². The van der Waals surface area contributed by atoms with Gasteiger partial charge >= 0.3 is 11.8 Å². The third-order valence-electron chi connectivity index (χ3n) is 3.86. The van der Waals surface area contributed by atoms with Gasteiger partial charge in [-0.05, 0) is 67.4 Å². The molecule has 0 bridgehead atoms. The molecule has 0 aliphatic carbocycles. The number of carbonyl (C=O) groups is 2. The van der Waals surface area contributed by atoms with Crippen LogP contribution < -0.4 is 15.4 Å². The van der Waals surface area contributed by atoms with Crippen LogP contribution in [0.4, 0.5) is 5.69 Å². The van der Waals surface area contributed by atoms with Crippen LogP contribution in [0.25, 0.3) is 0 Å². The summed E-state index contributed by atoms with van der Waals surface area (Å²) in [5.41, 5.74) is 3.49. The Morgan fingerprint density at radius 3 is 2.38 bits per heavy atom. The van der Waals surface area contributed by atoms with Crippen LogP contribution in [0.5, 0.6) is 5.75 Å². The van der Waals surface area contributed by atoms with E-state index in [1.54, 1.807) is 6.07 Å². The van der Waals surface area contributed by atoms with Crippen LogP contribution in [0, 0.1) is 13.8 Å². The van der Waals surface area contributed by atoms with Crippen molar-refractivity contribution < 1.29 is 14.3 Å². The molecule has 0 fully saturated rings. The number of benzene rings is 2. The molecule has 1 atom stereocenters. The lowest BCUT2D eigenvalue weighted by atomic mass is 10.0. The van der Waals surface area contributed by atoms with Gasteiger partial charge in [-0.3, -0.25) is 9.59 Å². The fourth-order valence-corrected chi connectivity index (χ4v) is 3.13. The van der Waals surface area contributed by atoms with Gasteiger partial charge in [0.25, 0.3) is 0 Å². The maximum atomic E-state index is 12.3. The van der Waals surface area contributed by atoms with E-state index in [4.69, 9.17) is 4.74 Å². The average Bonchev–Trinajstić information content (AvgIpc) is 2.58. The Labute approximate surface area is 162 Å². The van der Waals surface area contributed by atoms with Crippen LogP contribution in [0.3, 0.4) is 0 Å². The molecule has 2 rings (SSSR count). The fraction of sp³-hybridized carbons (Fsp3) is 0.300. The number of halogens is 1. The Morgan fingerprint density at radius 1 is 1.08 bits per heavy atom. The Balaban J connectivity index is 2.09. The summed E-state index contributed by atoms with van der Waals surface area (Å²) in [6, 6.07) is 10.9. The first-order chi connectivity index (χ1) is 12.3. The van der Waals surface area contributed by atoms with E-state index in [0.29, 0.717) is 18.0 Å². The topological polar surface area (TPSA) is 67.4 Å². The number of hydrogen-bond acceptors (Lipinski definition) is 3. The number of carbonyl (C=O) groups excluding carboxylic acids is 2. The van der Waals surface area contributed by atoms with Crippen molar-refractivity contribution in [2.75, 3.05) is 11.9 Å². The lowest BCUT2D eigenvalue weighted by molar-refractivity contribution is -0.136. The predicted molar refractivity (Wildman–Crippen MR) is 106 cm³/mol. The molecule has 5 nitrogen and oxygen atoms in total. The summed E-state index contributed by atoms with van der Waals surface area (Å²) in [5.74, 6) is -0.714. The molecule has 0 aliphatic rings. The highest BCUT2D eigenvalue weighted by Gasteiger charge is 2.20. The molecular formula is C20H23BrN2O3. The molecule has 0 aromatic heterocycles. The molecule has 0 saturated carbocycles. The minimum Gasteiger partial charge on any atom is -0.494 e. The molecule has 0 heterocycles. The second-order valence-electron chi connectivity index (χ2n) is 6.11. The van der Waals surface area contributed by atoms with Crippen molar-refractivity contribution in [1.82, 2.24) is 5.32 Å². The van der Waals surface area contributed by atoms with Gasteiger partial charge in [0.1, 0.15) is 5.75 Å². The van der Waals surface area contributed by atoms with Crippen LogP contribution >= 0.6 is 15.9 Å². The standard InChI is InChI=1S/C20H23BrN2O3/c1-5-26-18-9-7-12(2)10-15(18)14(4)22-19(24)20(25)23-17-8-6-13(3)11-16(17)21/h6-11,14H,5H2,1-4H3,(H,22,24)(H,23,25). The Morgan fingerprint density at radius 2 is 1.73 bits per heavy atom. The van der Waals surface area contributed by atoms with E-state index < -0.39 is 11.8 Å². The molecule has 0 aliphatic heterocycles. The summed E-state index contributed by atoms with van der Waals surface area (Å²) in [5, 5.41) is 5.34. The first kappa shape index (κ1) is 20.0. The van der Waals surface area contributed by atoms with Crippen molar-refractivity contribution in [1.29, 1.82) is 0 Å². The van der Waals surface area contributed by atoms with E-state index in [1.807, 2.05) is 58.0 Å². The zero-order valence-corrected chi connectivity index (χ0v) is 16.9. The van der Waals surface area contributed by atoms with Gasteiger partial charge in [0.15, 0.2) is 0 Å². The van der Waals surface area contributed by atoms with Crippen LogP contribution in [0.1, 0.15) is 36.6 Å². The summed E-state index contributed by atoms with van der Waals surface area (Å²) in [7, 11) is 0. The van der Waals surface area contributed by atoms with E-state index in [1.165, 1.54) is 0 Å². The van der Waals surface area contributed by atoms with Gasteiger partial charge in [-0.2, -0.15) is 0 Å². The van der Waals surface area contributed by atoms with Crippen LogP contribution in [-0.2, 0) is 9.59 Å². The second kappa shape index (κ2) is 8.85. The maximum Gasteiger partial charge on any atom is 0.313 e. The molecule has 2 aromatic carbocycles. The number of aryl methyl sites for hydroxylation is 2. The predicted octanol–water partition coefficient (Wildman–Crippen LogP) is 4.28. The SMILES string of the molecule is CCOc1ccc(C)cc1C(C)NC(=O)C(=O)Nc1ccc(C)cc1Br. The Hall–Kier alpha value is -2.34. The van der Waals surface area contributed by atoms with Gasteiger partial charge in [-0.25, -0.2) is 0 Å². The van der Waals surface area contributed by atoms with Crippen LogP contribution in [-0.4, -0.2) is 18.4 Å². The minimum atomic E-state index is -0.716. The first-order valence-electron chi connectivity index (χ1n) is 8.43. The number of amides is 2.